The summed E-state index contributed by atoms with van der Waals surface area (Å²) in [6.45, 7) is 6.63. The maximum absolute atomic E-state index is 12.2. The van der Waals surface area contributed by atoms with E-state index in [0.717, 1.165) is 42.2 Å². The lowest BCUT2D eigenvalue weighted by Gasteiger charge is -2.38. The molecule has 3 aliphatic rings. The standard InChI is InChI=1S/C26H39N5O/c1-18-22(13-14-26(32)28-21-11-12-21)19(2)31-25(27-18)16-23(29-31)24-10-6-7-15-30(24)17-20-8-4-3-5-9-20/h16,20-21,24H,3-15,17H2,1-2H3,(H,28,32). The SMILES string of the molecule is Cc1nc2cc(C3CCCCN3CC3CCCCC3)nn2c(C)c1CCC(=O)NC1CC1. The van der Waals surface area contributed by atoms with E-state index in [0.29, 0.717) is 18.5 Å². The van der Waals surface area contributed by atoms with Crippen LogP contribution >= 0.6 is 0 Å². The molecule has 174 valence electrons. The van der Waals surface area contributed by atoms with Crippen molar-refractivity contribution in [1.82, 2.24) is 24.8 Å². The fourth-order valence-corrected chi connectivity index (χ4v) is 5.88. The van der Waals surface area contributed by atoms with Gasteiger partial charge in [-0.25, -0.2) is 9.50 Å². The molecule has 0 aromatic carbocycles. The molecule has 2 aliphatic carbocycles. The number of piperidine rings is 1. The third-order valence-electron chi connectivity index (χ3n) is 7.90. The largest absolute Gasteiger partial charge is 0.353 e. The number of aryl methyl sites for hydroxylation is 2. The van der Waals surface area contributed by atoms with Crippen molar-refractivity contribution in [3.8, 4) is 0 Å². The summed E-state index contributed by atoms with van der Waals surface area (Å²) in [5.74, 6) is 1.02. The molecule has 0 bridgehead atoms. The maximum atomic E-state index is 12.2. The Labute approximate surface area is 192 Å². The Hall–Kier alpha value is -1.95. The second-order valence-corrected chi connectivity index (χ2v) is 10.5. The quantitative estimate of drug-likeness (QED) is 0.684. The summed E-state index contributed by atoms with van der Waals surface area (Å²) in [6, 6.07) is 3.05. The van der Waals surface area contributed by atoms with Gasteiger partial charge in [0.2, 0.25) is 5.91 Å². The van der Waals surface area contributed by atoms with E-state index in [2.05, 4.69) is 30.1 Å². The van der Waals surface area contributed by atoms with Gasteiger partial charge in [0.25, 0.3) is 0 Å². The van der Waals surface area contributed by atoms with Crippen LogP contribution in [0.2, 0.25) is 0 Å². The molecule has 1 aliphatic heterocycles. The average molecular weight is 438 g/mol. The van der Waals surface area contributed by atoms with Crippen molar-refractivity contribution in [3.63, 3.8) is 0 Å². The Morgan fingerprint density at radius 3 is 2.62 bits per heavy atom. The molecule has 2 aromatic rings. The molecular weight excluding hydrogens is 398 g/mol. The smallest absolute Gasteiger partial charge is 0.220 e. The summed E-state index contributed by atoms with van der Waals surface area (Å²) in [5.41, 5.74) is 5.46. The van der Waals surface area contributed by atoms with Gasteiger partial charge in [-0.2, -0.15) is 5.10 Å². The second-order valence-electron chi connectivity index (χ2n) is 10.5. The number of aromatic nitrogens is 3. The highest BCUT2D eigenvalue weighted by atomic mass is 16.1. The topological polar surface area (TPSA) is 62.5 Å². The molecule has 1 amide bonds. The van der Waals surface area contributed by atoms with Crippen molar-refractivity contribution in [2.45, 2.75) is 103 Å². The maximum Gasteiger partial charge on any atom is 0.220 e. The predicted octanol–water partition coefficient (Wildman–Crippen LogP) is 4.66. The Balaban J connectivity index is 1.34. The van der Waals surface area contributed by atoms with Crippen molar-refractivity contribution in [2.24, 2.45) is 5.92 Å². The van der Waals surface area contributed by atoms with E-state index in [4.69, 9.17) is 10.1 Å². The fraction of sp³-hybridized carbons (Fsp3) is 0.731. The van der Waals surface area contributed by atoms with Crippen LogP contribution in [0.15, 0.2) is 6.07 Å². The van der Waals surface area contributed by atoms with Gasteiger partial charge >= 0.3 is 0 Å². The number of nitrogens with zero attached hydrogens (tertiary/aromatic N) is 4. The second kappa shape index (κ2) is 9.50. The Morgan fingerprint density at radius 1 is 1.06 bits per heavy atom. The third kappa shape index (κ3) is 4.85. The molecule has 6 nitrogen and oxygen atoms in total. The third-order valence-corrected chi connectivity index (χ3v) is 7.90. The summed E-state index contributed by atoms with van der Waals surface area (Å²) in [7, 11) is 0. The Bertz CT molecular complexity index is 957. The van der Waals surface area contributed by atoms with Crippen LogP contribution in [0, 0.1) is 19.8 Å². The molecule has 3 fully saturated rings. The molecule has 32 heavy (non-hydrogen) atoms. The van der Waals surface area contributed by atoms with E-state index < -0.39 is 0 Å². The molecule has 1 unspecified atom stereocenters. The summed E-state index contributed by atoms with van der Waals surface area (Å²) in [4.78, 5) is 19.8. The first-order valence-corrected chi connectivity index (χ1v) is 13.0. The summed E-state index contributed by atoms with van der Waals surface area (Å²) in [5, 5.41) is 8.18. The van der Waals surface area contributed by atoms with Crippen LogP contribution in [0.1, 0.15) is 99.3 Å². The van der Waals surface area contributed by atoms with Gasteiger partial charge in [0.05, 0.1) is 11.7 Å². The molecule has 5 rings (SSSR count). The summed E-state index contributed by atoms with van der Waals surface area (Å²) < 4.78 is 2.03. The van der Waals surface area contributed by atoms with Gasteiger partial charge in [-0.15, -0.1) is 0 Å². The van der Waals surface area contributed by atoms with E-state index in [1.54, 1.807) is 0 Å². The number of rotatable bonds is 7. The first-order valence-electron chi connectivity index (χ1n) is 13.0. The summed E-state index contributed by atoms with van der Waals surface area (Å²) in [6.07, 6.45) is 14.3. The van der Waals surface area contributed by atoms with Crippen molar-refractivity contribution in [1.29, 1.82) is 0 Å². The Kier molecular flexibility index (Phi) is 6.49. The highest BCUT2D eigenvalue weighted by Gasteiger charge is 2.29. The lowest BCUT2D eigenvalue weighted by Crippen LogP contribution is -2.37. The summed E-state index contributed by atoms with van der Waals surface area (Å²) >= 11 is 0. The van der Waals surface area contributed by atoms with Crippen LogP contribution in [0.4, 0.5) is 0 Å². The number of nitrogens with one attached hydrogen (secondary N) is 1. The molecule has 0 radical (unpaired) electrons. The minimum atomic E-state index is 0.160. The van der Waals surface area contributed by atoms with E-state index in [1.807, 2.05) is 4.52 Å². The van der Waals surface area contributed by atoms with Crippen LogP contribution in [-0.2, 0) is 11.2 Å². The number of likely N-dealkylation sites (tertiary alicyclic amines) is 1. The monoisotopic (exact) mass is 437 g/mol. The number of carbonyl (C=O) groups is 1. The van der Waals surface area contributed by atoms with Crippen molar-refractivity contribution in [2.75, 3.05) is 13.1 Å². The van der Waals surface area contributed by atoms with Crippen LogP contribution < -0.4 is 5.32 Å². The van der Waals surface area contributed by atoms with Gasteiger partial charge in [-0.3, -0.25) is 9.69 Å². The van der Waals surface area contributed by atoms with Gasteiger partial charge in [0.15, 0.2) is 5.65 Å². The van der Waals surface area contributed by atoms with E-state index in [-0.39, 0.29) is 5.91 Å². The average Bonchev–Trinajstić information content (AvgIpc) is 3.50. The van der Waals surface area contributed by atoms with Gasteiger partial charge in [0.1, 0.15) is 0 Å². The van der Waals surface area contributed by atoms with Crippen LogP contribution in [0.5, 0.6) is 0 Å². The predicted molar refractivity (Wildman–Crippen MR) is 127 cm³/mol. The highest BCUT2D eigenvalue weighted by molar-refractivity contribution is 5.76. The number of hydrogen-bond acceptors (Lipinski definition) is 4. The lowest BCUT2D eigenvalue weighted by molar-refractivity contribution is -0.121. The van der Waals surface area contributed by atoms with Gasteiger partial charge < -0.3 is 5.32 Å². The number of hydrogen-bond donors (Lipinski definition) is 1. The molecule has 6 heteroatoms. The van der Waals surface area contributed by atoms with Gasteiger partial charge in [-0.1, -0.05) is 25.7 Å². The first kappa shape index (κ1) is 21.9. The molecular formula is C26H39N5O. The zero-order valence-corrected chi connectivity index (χ0v) is 19.9. The minimum Gasteiger partial charge on any atom is -0.353 e. The molecule has 2 aromatic heterocycles. The Morgan fingerprint density at radius 2 is 1.84 bits per heavy atom. The normalized spacial score (nSPS) is 23.0. The van der Waals surface area contributed by atoms with Gasteiger partial charge in [0, 0.05) is 36.5 Å². The number of fused-ring (bicyclic) bond motifs is 1. The minimum absolute atomic E-state index is 0.160. The molecule has 0 spiro atoms. The molecule has 2 saturated carbocycles. The van der Waals surface area contributed by atoms with Crippen LogP contribution in [0.25, 0.3) is 5.65 Å². The van der Waals surface area contributed by atoms with Crippen molar-refractivity contribution >= 4 is 11.6 Å². The highest BCUT2D eigenvalue weighted by Crippen LogP contribution is 2.34. The lowest BCUT2D eigenvalue weighted by atomic mass is 9.87. The van der Waals surface area contributed by atoms with Crippen LogP contribution in [-0.4, -0.2) is 44.5 Å². The first-order chi connectivity index (χ1) is 15.6. The van der Waals surface area contributed by atoms with E-state index >= 15 is 0 Å². The van der Waals surface area contributed by atoms with E-state index in [9.17, 15) is 4.79 Å². The van der Waals surface area contributed by atoms with Crippen molar-refractivity contribution < 1.29 is 4.79 Å². The van der Waals surface area contributed by atoms with Gasteiger partial charge in [-0.05, 0) is 76.8 Å². The number of amides is 1. The zero-order chi connectivity index (χ0) is 22.1. The van der Waals surface area contributed by atoms with E-state index in [1.165, 1.54) is 75.7 Å². The molecule has 1 saturated heterocycles. The molecule has 1 atom stereocenters. The fourth-order valence-electron chi connectivity index (χ4n) is 5.88. The molecule has 1 N–H and O–H groups in total. The van der Waals surface area contributed by atoms with Crippen molar-refractivity contribution in [3.05, 3.63) is 28.7 Å². The molecule has 3 heterocycles. The number of carbonyl (C=O) groups excluding carboxylic acids is 1. The van der Waals surface area contributed by atoms with Crippen LogP contribution in [0.3, 0.4) is 0 Å². The zero-order valence-electron chi connectivity index (χ0n) is 19.9.